The molecule has 0 unspecified atom stereocenters. The number of amides is 1. The van der Waals surface area contributed by atoms with Gasteiger partial charge in [-0.2, -0.15) is 0 Å². The summed E-state index contributed by atoms with van der Waals surface area (Å²) in [6.45, 7) is 4.36. The van der Waals surface area contributed by atoms with Crippen LogP contribution >= 0.6 is 0 Å². The van der Waals surface area contributed by atoms with E-state index in [-0.39, 0.29) is 0 Å². The molecule has 3 rings (SSSR count). The number of hydrogen-bond donors (Lipinski definition) is 1. The number of morpholine rings is 1. The number of carbonyl (C=O) groups is 1. The maximum absolute atomic E-state index is 11.6. The highest BCUT2D eigenvalue weighted by atomic mass is 16.5. The predicted molar refractivity (Wildman–Crippen MR) is 89.3 cm³/mol. The van der Waals surface area contributed by atoms with Crippen LogP contribution in [0.1, 0.15) is 12.5 Å². The number of nitrogens with two attached hydrogens (primary N) is 1. The van der Waals surface area contributed by atoms with Gasteiger partial charge in [-0.3, -0.25) is 9.69 Å². The van der Waals surface area contributed by atoms with Gasteiger partial charge in [0.2, 0.25) is 0 Å². The van der Waals surface area contributed by atoms with Crippen LogP contribution in [0.3, 0.4) is 0 Å². The average Bonchev–Trinajstić information content (AvgIpc) is 2.54. The van der Waals surface area contributed by atoms with Crippen molar-refractivity contribution in [1.29, 1.82) is 0 Å². The summed E-state index contributed by atoms with van der Waals surface area (Å²) in [5.74, 6) is 0.448. The van der Waals surface area contributed by atoms with Crippen molar-refractivity contribution in [3.63, 3.8) is 0 Å². The Balaban J connectivity index is 1.77. The van der Waals surface area contributed by atoms with E-state index in [0.717, 1.165) is 24.2 Å². The number of ether oxygens (including phenoxy) is 2. The van der Waals surface area contributed by atoms with Gasteiger partial charge in [-0.05, 0) is 41.5 Å². The van der Waals surface area contributed by atoms with E-state index in [4.69, 9.17) is 15.2 Å². The van der Waals surface area contributed by atoms with E-state index >= 15 is 0 Å². The second-order valence-electron chi connectivity index (χ2n) is 6.20. The van der Waals surface area contributed by atoms with Crippen LogP contribution in [0.5, 0.6) is 5.75 Å². The fraction of sp³-hybridized carbons (Fsp3) is 0.389. The molecule has 0 bridgehead atoms. The quantitative estimate of drug-likeness (QED) is 0.936. The third-order valence-electron chi connectivity index (χ3n) is 4.39. The highest BCUT2D eigenvalue weighted by Crippen LogP contribution is 2.24. The smallest absolute Gasteiger partial charge is 0.250 e. The minimum atomic E-state index is -0.900. The molecule has 1 atom stereocenters. The van der Waals surface area contributed by atoms with Crippen LogP contribution in [0.15, 0.2) is 36.4 Å². The van der Waals surface area contributed by atoms with Gasteiger partial charge in [0.1, 0.15) is 5.75 Å². The fourth-order valence-corrected chi connectivity index (χ4v) is 2.99. The molecule has 1 saturated heterocycles. The number of nitrogens with zero attached hydrogens (tertiary/aromatic N) is 1. The van der Waals surface area contributed by atoms with Gasteiger partial charge in [-0.25, -0.2) is 0 Å². The second-order valence-corrected chi connectivity index (χ2v) is 6.20. The normalized spacial score (nSPS) is 22.2. The van der Waals surface area contributed by atoms with Gasteiger partial charge in [0.15, 0.2) is 5.60 Å². The molecule has 1 fully saturated rings. The van der Waals surface area contributed by atoms with Crippen molar-refractivity contribution in [3.8, 4) is 5.75 Å². The van der Waals surface area contributed by atoms with E-state index in [1.54, 1.807) is 14.0 Å². The zero-order valence-electron chi connectivity index (χ0n) is 13.5. The van der Waals surface area contributed by atoms with Crippen molar-refractivity contribution in [2.45, 2.75) is 19.1 Å². The molecule has 5 heteroatoms. The molecule has 1 heterocycles. The topological polar surface area (TPSA) is 64.8 Å². The summed E-state index contributed by atoms with van der Waals surface area (Å²) in [5, 5.41) is 2.33. The van der Waals surface area contributed by atoms with Gasteiger partial charge in [-0.15, -0.1) is 0 Å². The molecular formula is C18H22N2O3. The van der Waals surface area contributed by atoms with Crippen molar-refractivity contribution in [1.82, 2.24) is 4.90 Å². The monoisotopic (exact) mass is 314 g/mol. The molecule has 2 aromatic rings. The standard InChI is InChI=1S/C18H22N2O3/c1-18(17(19)21)12-20(7-8-23-18)11-13-3-4-15-10-16(22-2)6-5-14(15)9-13/h3-6,9-10H,7-8,11-12H2,1-2H3,(H2,19,21)/t18-/m1/s1. The highest BCUT2D eigenvalue weighted by molar-refractivity contribution is 5.84. The molecule has 0 saturated carbocycles. The molecule has 0 aliphatic carbocycles. The molecule has 1 aliphatic heterocycles. The van der Waals surface area contributed by atoms with Crippen molar-refractivity contribution < 1.29 is 14.3 Å². The first-order chi connectivity index (χ1) is 11.0. The summed E-state index contributed by atoms with van der Waals surface area (Å²) in [6.07, 6.45) is 0. The van der Waals surface area contributed by atoms with Crippen LogP contribution in [0.25, 0.3) is 10.8 Å². The summed E-state index contributed by atoms with van der Waals surface area (Å²) in [7, 11) is 1.67. The number of benzene rings is 2. The molecular weight excluding hydrogens is 292 g/mol. The van der Waals surface area contributed by atoms with Crippen molar-refractivity contribution in [2.24, 2.45) is 5.73 Å². The molecule has 23 heavy (non-hydrogen) atoms. The van der Waals surface area contributed by atoms with Gasteiger partial charge < -0.3 is 15.2 Å². The largest absolute Gasteiger partial charge is 0.497 e. The maximum Gasteiger partial charge on any atom is 0.250 e. The molecule has 122 valence electrons. The zero-order valence-corrected chi connectivity index (χ0v) is 13.5. The van der Waals surface area contributed by atoms with Gasteiger partial charge in [0.05, 0.1) is 13.7 Å². The van der Waals surface area contributed by atoms with Crippen LogP contribution in [0.2, 0.25) is 0 Å². The Morgan fingerprint density at radius 1 is 1.30 bits per heavy atom. The lowest BCUT2D eigenvalue weighted by molar-refractivity contribution is -0.153. The number of carbonyl (C=O) groups excluding carboxylic acids is 1. The van der Waals surface area contributed by atoms with Gasteiger partial charge in [-0.1, -0.05) is 18.2 Å². The molecule has 2 aromatic carbocycles. The second kappa shape index (κ2) is 6.18. The minimum absolute atomic E-state index is 0.409. The van der Waals surface area contributed by atoms with Crippen molar-refractivity contribution in [3.05, 3.63) is 42.0 Å². The number of hydrogen-bond acceptors (Lipinski definition) is 4. The first-order valence-electron chi connectivity index (χ1n) is 7.73. The summed E-state index contributed by atoms with van der Waals surface area (Å²) >= 11 is 0. The fourth-order valence-electron chi connectivity index (χ4n) is 2.99. The Morgan fingerprint density at radius 3 is 2.78 bits per heavy atom. The van der Waals surface area contributed by atoms with Gasteiger partial charge in [0.25, 0.3) is 5.91 Å². The van der Waals surface area contributed by atoms with Crippen molar-refractivity contribution >= 4 is 16.7 Å². The number of rotatable bonds is 4. The molecule has 0 spiro atoms. The summed E-state index contributed by atoms with van der Waals surface area (Å²) in [5.41, 5.74) is 5.76. The van der Waals surface area contributed by atoms with E-state index in [0.29, 0.717) is 13.2 Å². The van der Waals surface area contributed by atoms with E-state index in [9.17, 15) is 4.79 Å². The Bertz CT molecular complexity index is 731. The Labute approximate surface area is 136 Å². The molecule has 0 aromatic heterocycles. The summed E-state index contributed by atoms with van der Waals surface area (Å²) < 4.78 is 10.8. The third kappa shape index (κ3) is 3.30. The first-order valence-corrected chi connectivity index (χ1v) is 7.73. The number of primary amides is 1. The van der Waals surface area contributed by atoms with E-state index in [1.807, 2.05) is 12.1 Å². The van der Waals surface area contributed by atoms with Gasteiger partial charge >= 0.3 is 0 Å². The van der Waals surface area contributed by atoms with Crippen molar-refractivity contribution in [2.75, 3.05) is 26.8 Å². The van der Waals surface area contributed by atoms with Crippen LogP contribution in [0.4, 0.5) is 0 Å². The molecule has 2 N–H and O–H groups in total. The number of fused-ring (bicyclic) bond motifs is 1. The average molecular weight is 314 g/mol. The maximum atomic E-state index is 11.6. The van der Waals surface area contributed by atoms with E-state index in [1.165, 1.54) is 10.9 Å². The minimum Gasteiger partial charge on any atom is -0.497 e. The van der Waals surface area contributed by atoms with Gasteiger partial charge in [0, 0.05) is 19.6 Å². The predicted octanol–water partition coefficient (Wildman–Crippen LogP) is 1.92. The SMILES string of the molecule is COc1ccc2cc(CN3CCO[C@@](C)(C(N)=O)C3)ccc2c1. The number of methoxy groups -OCH3 is 1. The lowest BCUT2D eigenvalue weighted by atomic mass is 10.0. The van der Waals surface area contributed by atoms with Crippen LogP contribution in [-0.2, 0) is 16.1 Å². The summed E-state index contributed by atoms with van der Waals surface area (Å²) in [6, 6.07) is 12.4. The van der Waals surface area contributed by atoms with Crippen LogP contribution < -0.4 is 10.5 Å². The highest BCUT2D eigenvalue weighted by Gasteiger charge is 2.37. The zero-order chi connectivity index (χ0) is 16.4. The third-order valence-corrected chi connectivity index (χ3v) is 4.39. The molecule has 1 amide bonds. The Hall–Kier alpha value is -2.11. The van der Waals surface area contributed by atoms with E-state index < -0.39 is 11.5 Å². The molecule has 1 aliphatic rings. The molecule has 5 nitrogen and oxygen atoms in total. The molecule has 0 radical (unpaired) electrons. The van der Waals surface area contributed by atoms with Crippen LogP contribution in [0, 0.1) is 0 Å². The summed E-state index contributed by atoms with van der Waals surface area (Å²) in [4.78, 5) is 13.8. The Kier molecular flexibility index (Phi) is 4.24. The van der Waals surface area contributed by atoms with E-state index in [2.05, 4.69) is 29.2 Å². The Morgan fingerprint density at radius 2 is 2.04 bits per heavy atom. The first kappa shape index (κ1) is 15.8. The van der Waals surface area contributed by atoms with Crippen LogP contribution in [-0.4, -0.2) is 43.2 Å². The lowest BCUT2D eigenvalue weighted by Crippen LogP contribution is -2.56. The lowest BCUT2D eigenvalue weighted by Gasteiger charge is -2.38.